The van der Waals surface area contributed by atoms with Crippen LogP contribution in [0.4, 0.5) is 18.9 Å². The molecule has 0 aliphatic carbocycles. The number of aldehydes is 1. The van der Waals surface area contributed by atoms with Gasteiger partial charge in [0, 0.05) is 56.4 Å². The molecule has 0 unspecified atom stereocenters. The smallest absolute Gasteiger partial charge is 0.362 e. The van der Waals surface area contributed by atoms with Crippen molar-refractivity contribution in [1.82, 2.24) is 19.2 Å². The van der Waals surface area contributed by atoms with Crippen molar-refractivity contribution in [3.05, 3.63) is 89.0 Å². The maximum Gasteiger partial charge on any atom is 0.416 e. The molecule has 0 amide bonds. The Morgan fingerprint density at radius 1 is 1.10 bits per heavy atom. The number of nitrogens with zero attached hydrogens (tertiary/aromatic N) is 4. The number of benzene rings is 1. The van der Waals surface area contributed by atoms with Gasteiger partial charge in [-0.2, -0.15) is 13.2 Å². The van der Waals surface area contributed by atoms with Crippen LogP contribution in [0.1, 0.15) is 43.2 Å². The second kappa shape index (κ2) is 14.5. The number of allylic oxidation sites excluding steroid dienone is 3. The van der Waals surface area contributed by atoms with Crippen LogP contribution in [0.25, 0.3) is 5.65 Å². The number of carbonyl (C=O) groups is 1. The minimum Gasteiger partial charge on any atom is -0.362 e. The lowest BCUT2D eigenvalue weighted by Crippen LogP contribution is -2.45. The number of anilines is 1. The van der Waals surface area contributed by atoms with E-state index in [9.17, 15) is 13.2 Å². The van der Waals surface area contributed by atoms with Gasteiger partial charge in [-0.25, -0.2) is 4.98 Å². The summed E-state index contributed by atoms with van der Waals surface area (Å²) in [5.74, 6) is 6.22. The number of likely N-dealkylation sites (N-methyl/N-ethyl adjacent to an activating group) is 1. The number of pyridine rings is 1. The van der Waals surface area contributed by atoms with Crippen molar-refractivity contribution in [1.29, 1.82) is 0 Å². The number of piperazine rings is 1. The molecule has 0 radical (unpaired) electrons. The van der Waals surface area contributed by atoms with Crippen LogP contribution in [-0.4, -0.2) is 58.2 Å². The van der Waals surface area contributed by atoms with E-state index in [4.69, 9.17) is 4.79 Å². The number of aromatic nitrogens is 2. The maximum absolute atomic E-state index is 13.9. The van der Waals surface area contributed by atoms with Gasteiger partial charge in [0.05, 0.1) is 11.8 Å². The Balaban J connectivity index is 0.00000141. The highest BCUT2D eigenvalue weighted by atomic mass is 19.4. The highest BCUT2D eigenvalue weighted by Gasteiger charge is 2.34. The SMILES string of the molecule is C/C=C(C#Cc1cnc2ccc(C)cn12)\C=C\Nc1ccc(CN2CCN(CC)CC2)c(C(F)(F)F)c1.CC=O. The average molecular weight is 552 g/mol. The number of halogens is 3. The molecule has 3 heterocycles. The monoisotopic (exact) mass is 551 g/mol. The van der Waals surface area contributed by atoms with E-state index in [1.807, 2.05) is 42.7 Å². The van der Waals surface area contributed by atoms with Crippen molar-refractivity contribution < 1.29 is 18.0 Å². The van der Waals surface area contributed by atoms with Crippen LogP contribution in [0.3, 0.4) is 0 Å². The molecule has 0 spiro atoms. The molecular formula is C31H36F3N5O. The molecule has 2 aromatic heterocycles. The van der Waals surface area contributed by atoms with Gasteiger partial charge < -0.3 is 15.0 Å². The van der Waals surface area contributed by atoms with Crippen molar-refractivity contribution >= 4 is 17.6 Å². The molecule has 0 atom stereocenters. The van der Waals surface area contributed by atoms with Gasteiger partial charge in [-0.1, -0.05) is 31.1 Å². The fraction of sp³-hybridized carbons (Fsp3) is 0.355. The van der Waals surface area contributed by atoms with Crippen molar-refractivity contribution in [2.45, 2.75) is 40.4 Å². The molecule has 1 aliphatic heterocycles. The minimum absolute atomic E-state index is 0.295. The van der Waals surface area contributed by atoms with Crippen LogP contribution in [0, 0.1) is 18.8 Å². The fourth-order valence-electron chi connectivity index (χ4n) is 4.33. The van der Waals surface area contributed by atoms with Crippen LogP contribution in [-0.2, 0) is 17.5 Å². The van der Waals surface area contributed by atoms with Crippen molar-refractivity contribution in [2.75, 3.05) is 38.0 Å². The molecule has 1 aliphatic rings. The second-order valence-electron chi connectivity index (χ2n) is 9.37. The minimum atomic E-state index is -4.42. The van der Waals surface area contributed by atoms with E-state index in [0.717, 1.165) is 61.5 Å². The number of carbonyl (C=O) groups excluding carboxylic acids is 1. The molecule has 0 saturated carbocycles. The summed E-state index contributed by atoms with van der Waals surface area (Å²) >= 11 is 0. The van der Waals surface area contributed by atoms with Crippen LogP contribution in [0.5, 0.6) is 0 Å². The zero-order valence-electron chi connectivity index (χ0n) is 23.4. The summed E-state index contributed by atoms with van der Waals surface area (Å²) in [6, 6.07) is 8.39. The predicted molar refractivity (Wildman–Crippen MR) is 154 cm³/mol. The van der Waals surface area contributed by atoms with E-state index in [2.05, 4.69) is 38.9 Å². The number of nitrogens with one attached hydrogen (secondary N) is 1. The van der Waals surface area contributed by atoms with E-state index >= 15 is 0 Å². The third-order valence-electron chi connectivity index (χ3n) is 6.53. The Labute approximate surface area is 234 Å². The first-order valence-corrected chi connectivity index (χ1v) is 13.3. The molecule has 1 N–H and O–H groups in total. The lowest BCUT2D eigenvalue weighted by Gasteiger charge is -2.34. The number of hydrogen-bond acceptors (Lipinski definition) is 5. The van der Waals surface area contributed by atoms with E-state index in [1.54, 1.807) is 30.6 Å². The van der Waals surface area contributed by atoms with E-state index in [0.29, 0.717) is 17.8 Å². The third-order valence-corrected chi connectivity index (χ3v) is 6.53. The Hall–Kier alpha value is -3.87. The Morgan fingerprint density at radius 2 is 1.80 bits per heavy atom. The van der Waals surface area contributed by atoms with E-state index in [-0.39, 0.29) is 0 Å². The van der Waals surface area contributed by atoms with Gasteiger partial charge in [0.2, 0.25) is 0 Å². The molecule has 212 valence electrons. The number of aryl methyl sites for hydroxylation is 1. The second-order valence-corrected chi connectivity index (χ2v) is 9.37. The van der Waals surface area contributed by atoms with Crippen LogP contribution in [0.2, 0.25) is 0 Å². The molecule has 40 heavy (non-hydrogen) atoms. The van der Waals surface area contributed by atoms with Gasteiger partial charge in [-0.15, -0.1) is 0 Å². The summed E-state index contributed by atoms with van der Waals surface area (Å²) in [6.45, 7) is 12.0. The number of fused-ring (bicyclic) bond motifs is 1. The summed E-state index contributed by atoms with van der Waals surface area (Å²) < 4.78 is 43.5. The molecule has 4 rings (SSSR count). The van der Waals surface area contributed by atoms with Crippen molar-refractivity contribution in [2.24, 2.45) is 0 Å². The third kappa shape index (κ3) is 8.57. The largest absolute Gasteiger partial charge is 0.416 e. The number of rotatable bonds is 6. The quantitative estimate of drug-likeness (QED) is 0.234. The summed E-state index contributed by atoms with van der Waals surface area (Å²) in [4.78, 5) is 17.6. The summed E-state index contributed by atoms with van der Waals surface area (Å²) in [6.07, 6.45) is 5.24. The highest BCUT2D eigenvalue weighted by Crippen LogP contribution is 2.34. The van der Waals surface area contributed by atoms with Crippen molar-refractivity contribution in [3.8, 4) is 11.8 Å². The van der Waals surface area contributed by atoms with Gasteiger partial charge >= 0.3 is 6.18 Å². The highest BCUT2D eigenvalue weighted by molar-refractivity contribution is 5.53. The Bertz CT molecular complexity index is 1400. The van der Waals surface area contributed by atoms with Crippen LogP contribution in [0.15, 0.2) is 66.7 Å². The molecule has 3 aromatic rings. The average Bonchev–Trinajstić information content (AvgIpc) is 3.33. The van der Waals surface area contributed by atoms with Gasteiger partial charge in [-0.05, 0) is 68.6 Å². The topological polar surface area (TPSA) is 52.9 Å². The Kier molecular flexibility index (Phi) is 11.1. The first-order valence-electron chi connectivity index (χ1n) is 13.3. The lowest BCUT2D eigenvalue weighted by atomic mass is 10.0. The first kappa shape index (κ1) is 30.7. The first-order chi connectivity index (χ1) is 19.2. The number of hydrogen-bond donors (Lipinski definition) is 1. The predicted octanol–water partition coefficient (Wildman–Crippen LogP) is 5.93. The number of alkyl halides is 3. The van der Waals surface area contributed by atoms with Gasteiger partial charge in [0.25, 0.3) is 0 Å². The summed E-state index contributed by atoms with van der Waals surface area (Å²) in [7, 11) is 0. The summed E-state index contributed by atoms with van der Waals surface area (Å²) in [5.41, 5.74) is 3.50. The summed E-state index contributed by atoms with van der Waals surface area (Å²) in [5, 5.41) is 2.97. The van der Waals surface area contributed by atoms with E-state index < -0.39 is 11.7 Å². The Morgan fingerprint density at radius 3 is 2.45 bits per heavy atom. The van der Waals surface area contributed by atoms with Crippen LogP contribution >= 0.6 is 0 Å². The zero-order chi connectivity index (χ0) is 29.1. The molecule has 0 bridgehead atoms. The molecule has 1 saturated heterocycles. The lowest BCUT2D eigenvalue weighted by molar-refractivity contribution is -0.138. The van der Waals surface area contributed by atoms with Crippen molar-refractivity contribution in [3.63, 3.8) is 0 Å². The van der Waals surface area contributed by atoms with E-state index in [1.165, 1.54) is 13.0 Å². The fourth-order valence-corrected chi connectivity index (χ4v) is 4.33. The molecule has 1 fully saturated rings. The van der Waals surface area contributed by atoms with Gasteiger partial charge in [0.1, 0.15) is 17.6 Å². The van der Waals surface area contributed by atoms with Gasteiger partial charge in [-0.3, -0.25) is 9.30 Å². The molecule has 1 aromatic carbocycles. The zero-order valence-corrected chi connectivity index (χ0v) is 23.4. The maximum atomic E-state index is 13.9. The number of imidazole rings is 1. The standard InChI is InChI=1S/C29H32F3N5.C2H4O/c1-4-23(7-10-26-19-34-28-11-6-22(3)20-37(26)28)12-13-33-25-9-8-24(27(18-25)29(30,31)32)21-36-16-14-35(5-2)15-17-36;1-2-3/h4,6,8-9,11-13,18-20,33H,5,14-17,21H2,1-3H3;2H,1H3/b13-12+,23-4-;. The molecule has 9 heteroatoms. The van der Waals surface area contributed by atoms with Gasteiger partial charge in [0.15, 0.2) is 0 Å². The van der Waals surface area contributed by atoms with Crippen LogP contribution < -0.4 is 5.32 Å². The molecule has 6 nitrogen and oxygen atoms in total. The molecular weight excluding hydrogens is 515 g/mol. The normalized spacial score (nSPS) is 14.9.